The summed E-state index contributed by atoms with van der Waals surface area (Å²) in [4.78, 5) is 19.4. The average Bonchev–Trinajstić information content (AvgIpc) is 2.47. The van der Waals surface area contributed by atoms with Crippen LogP contribution in [0.2, 0.25) is 0 Å². The average molecular weight is 272 g/mol. The number of hydrazine groups is 1. The molecule has 0 saturated heterocycles. The first kappa shape index (κ1) is 14.0. The SMILES string of the molecule is CC(C)Oc1ccc(-c2ccnc(C(=O)NN)n2)cc1. The molecule has 0 aliphatic rings. The number of nitrogens with zero attached hydrogens (tertiary/aromatic N) is 2. The molecule has 6 heteroatoms. The van der Waals surface area contributed by atoms with E-state index in [1.807, 2.05) is 43.5 Å². The van der Waals surface area contributed by atoms with Gasteiger partial charge in [-0.2, -0.15) is 0 Å². The Labute approximate surface area is 117 Å². The molecule has 0 aliphatic carbocycles. The van der Waals surface area contributed by atoms with Gasteiger partial charge in [-0.1, -0.05) is 0 Å². The summed E-state index contributed by atoms with van der Waals surface area (Å²) in [5.41, 5.74) is 3.52. The van der Waals surface area contributed by atoms with E-state index >= 15 is 0 Å². The van der Waals surface area contributed by atoms with E-state index in [-0.39, 0.29) is 11.9 Å². The number of carbonyl (C=O) groups excluding carboxylic acids is 1. The van der Waals surface area contributed by atoms with Crippen LogP contribution in [0.25, 0.3) is 11.3 Å². The van der Waals surface area contributed by atoms with Crippen LogP contribution >= 0.6 is 0 Å². The predicted octanol–water partition coefficient (Wildman–Crippen LogP) is 1.53. The Hall–Kier alpha value is -2.47. The molecule has 0 atom stereocenters. The Morgan fingerprint density at radius 3 is 2.55 bits per heavy atom. The third-order valence-electron chi connectivity index (χ3n) is 2.51. The standard InChI is InChI=1S/C14H16N4O2/c1-9(2)20-11-5-3-10(4-6-11)12-7-8-16-13(17-12)14(19)18-15/h3-9H,15H2,1-2H3,(H,18,19). The molecule has 0 aliphatic heterocycles. The number of nitrogens with one attached hydrogen (secondary N) is 1. The number of benzene rings is 1. The minimum Gasteiger partial charge on any atom is -0.491 e. The highest BCUT2D eigenvalue weighted by Crippen LogP contribution is 2.21. The highest BCUT2D eigenvalue weighted by atomic mass is 16.5. The maximum Gasteiger partial charge on any atom is 0.302 e. The third-order valence-corrected chi connectivity index (χ3v) is 2.51. The Morgan fingerprint density at radius 2 is 1.95 bits per heavy atom. The maximum absolute atomic E-state index is 11.4. The van der Waals surface area contributed by atoms with Gasteiger partial charge < -0.3 is 4.74 Å². The van der Waals surface area contributed by atoms with E-state index in [9.17, 15) is 4.79 Å². The van der Waals surface area contributed by atoms with Crippen LogP contribution in [0.15, 0.2) is 36.5 Å². The van der Waals surface area contributed by atoms with Crippen LogP contribution in [0.4, 0.5) is 0 Å². The van der Waals surface area contributed by atoms with Crippen LogP contribution in [0.3, 0.4) is 0 Å². The van der Waals surface area contributed by atoms with Gasteiger partial charge in [0.05, 0.1) is 11.8 Å². The summed E-state index contributed by atoms with van der Waals surface area (Å²) < 4.78 is 5.57. The van der Waals surface area contributed by atoms with Crippen molar-refractivity contribution in [3.8, 4) is 17.0 Å². The molecule has 2 rings (SSSR count). The summed E-state index contributed by atoms with van der Waals surface area (Å²) in [7, 11) is 0. The van der Waals surface area contributed by atoms with Crippen LogP contribution in [-0.4, -0.2) is 22.0 Å². The quantitative estimate of drug-likeness (QED) is 0.500. The van der Waals surface area contributed by atoms with Crippen molar-refractivity contribution in [3.63, 3.8) is 0 Å². The Kier molecular flexibility index (Phi) is 4.27. The van der Waals surface area contributed by atoms with Crippen molar-refractivity contribution >= 4 is 5.91 Å². The minimum atomic E-state index is -0.522. The number of hydrogen-bond acceptors (Lipinski definition) is 5. The monoisotopic (exact) mass is 272 g/mol. The molecule has 1 aromatic carbocycles. The van der Waals surface area contributed by atoms with Gasteiger partial charge in [0, 0.05) is 11.8 Å². The number of nitrogens with two attached hydrogens (primary N) is 1. The second-order valence-electron chi connectivity index (χ2n) is 4.43. The first-order valence-corrected chi connectivity index (χ1v) is 6.21. The summed E-state index contributed by atoms with van der Waals surface area (Å²) in [6.07, 6.45) is 1.64. The lowest BCUT2D eigenvalue weighted by atomic mass is 10.1. The zero-order chi connectivity index (χ0) is 14.5. The molecule has 0 spiro atoms. The molecule has 0 saturated carbocycles. The van der Waals surface area contributed by atoms with Crippen molar-refractivity contribution in [1.29, 1.82) is 0 Å². The van der Waals surface area contributed by atoms with Crippen molar-refractivity contribution in [2.24, 2.45) is 5.84 Å². The van der Waals surface area contributed by atoms with Gasteiger partial charge in [-0.3, -0.25) is 10.2 Å². The Morgan fingerprint density at radius 1 is 1.25 bits per heavy atom. The van der Waals surface area contributed by atoms with Crippen LogP contribution in [0.1, 0.15) is 24.5 Å². The van der Waals surface area contributed by atoms with Crippen molar-refractivity contribution < 1.29 is 9.53 Å². The Bertz CT molecular complexity index is 596. The topological polar surface area (TPSA) is 90.1 Å². The molecular weight excluding hydrogens is 256 g/mol. The van der Waals surface area contributed by atoms with E-state index in [2.05, 4.69) is 9.97 Å². The first-order chi connectivity index (χ1) is 9.60. The second-order valence-corrected chi connectivity index (χ2v) is 4.43. The maximum atomic E-state index is 11.4. The predicted molar refractivity (Wildman–Crippen MR) is 74.9 cm³/mol. The molecule has 20 heavy (non-hydrogen) atoms. The molecule has 0 radical (unpaired) electrons. The highest BCUT2D eigenvalue weighted by molar-refractivity contribution is 5.90. The summed E-state index contributed by atoms with van der Waals surface area (Å²) in [6.45, 7) is 3.94. The smallest absolute Gasteiger partial charge is 0.302 e. The molecule has 0 fully saturated rings. The van der Waals surface area contributed by atoms with Crippen LogP contribution < -0.4 is 16.0 Å². The van der Waals surface area contributed by atoms with Crippen LogP contribution in [-0.2, 0) is 0 Å². The summed E-state index contributed by atoms with van der Waals surface area (Å²) >= 11 is 0. The second kappa shape index (κ2) is 6.12. The molecule has 0 unspecified atom stereocenters. The van der Waals surface area contributed by atoms with Gasteiger partial charge in [0.2, 0.25) is 5.82 Å². The normalized spacial score (nSPS) is 10.4. The van der Waals surface area contributed by atoms with Gasteiger partial charge in [-0.25, -0.2) is 15.8 Å². The van der Waals surface area contributed by atoms with E-state index in [1.54, 1.807) is 6.07 Å². The van der Waals surface area contributed by atoms with Crippen molar-refractivity contribution in [1.82, 2.24) is 15.4 Å². The summed E-state index contributed by atoms with van der Waals surface area (Å²) in [5.74, 6) is 5.37. The number of amides is 1. The van der Waals surface area contributed by atoms with Crippen molar-refractivity contribution in [2.75, 3.05) is 0 Å². The van der Waals surface area contributed by atoms with Gasteiger partial charge in [0.15, 0.2) is 0 Å². The van der Waals surface area contributed by atoms with E-state index in [1.165, 1.54) is 6.20 Å². The molecule has 1 heterocycles. The van der Waals surface area contributed by atoms with E-state index in [0.29, 0.717) is 5.69 Å². The highest BCUT2D eigenvalue weighted by Gasteiger charge is 2.09. The number of ether oxygens (including phenoxy) is 1. The molecule has 1 amide bonds. The lowest BCUT2D eigenvalue weighted by Crippen LogP contribution is -2.31. The van der Waals surface area contributed by atoms with Gasteiger partial charge in [-0.05, 0) is 44.2 Å². The Balaban J connectivity index is 2.25. The van der Waals surface area contributed by atoms with E-state index in [0.717, 1.165) is 11.3 Å². The zero-order valence-electron chi connectivity index (χ0n) is 11.3. The number of rotatable bonds is 4. The van der Waals surface area contributed by atoms with Crippen molar-refractivity contribution in [3.05, 3.63) is 42.4 Å². The molecule has 104 valence electrons. The van der Waals surface area contributed by atoms with Gasteiger partial charge in [-0.15, -0.1) is 0 Å². The van der Waals surface area contributed by atoms with Gasteiger partial charge in [0.1, 0.15) is 5.75 Å². The van der Waals surface area contributed by atoms with Crippen LogP contribution in [0, 0.1) is 0 Å². The third kappa shape index (κ3) is 3.30. The fraction of sp³-hybridized carbons (Fsp3) is 0.214. The first-order valence-electron chi connectivity index (χ1n) is 6.21. The van der Waals surface area contributed by atoms with E-state index < -0.39 is 5.91 Å². The number of nitrogen functional groups attached to an aromatic ring is 1. The molecule has 3 N–H and O–H groups in total. The van der Waals surface area contributed by atoms with Gasteiger partial charge in [0.25, 0.3) is 0 Å². The van der Waals surface area contributed by atoms with Gasteiger partial charge >= 0.3 is 5.91 Å². The largest absolute Gasteiger partial charge is 0.491 e. The molecule has 1 aromatic heterocycles. The number of aromatic nitrogens is 2. The molecule has 2 aromatic rings. The number of carbonyl (C=O) groups is 1. The zero-order valence-corrected chi connectivity index (χ0v) is 11.3. The fourth-order valence-corrected chi connectivity index (χ4v) is 1.67. The van der Waals surface area contributed by atoms with Crippen LogP contribution in [0.5, 0.6) is 5.75 Å². The summed E-state index contributed by atoms with van der Waals surface area (Å²) in [6, 6.07) is 9.21. The molecular formula is C14H16N4O2. The number of hydrogen-bond donors (Lipinski definition) is 2. The molecule has 0 bridgehead atoms. The van der Waals surface area contributed by atoms with Crippen molar-refractivity contribution in [2.45, 2.75) is 20.0 Å². The fourth-order valence-electron chi connectivity index (χ4n) is 1.67. The lowest BCUT2D eigenvalue weighted by molar-refractivity contribution is 0.0943. The van der Waals surface area contributed by atoms with E-state index in [4.69, 9.17) is 10.6 Å². The molecule has 6 nitrogen and oxygen atoms in total. The minimum absolute atomic E-state index is 0.0347. The lowest BCUT2D eigenvalue weighted by Gasteiger charge is -2.10. The summed E-state index contributed by atoms with van der Waals surface area (Å²) in [5, 5.41) is 0.